The van der Waals surface area contributed by atoms with Crippen LogP contribution in [0, 0.1) is 23.2 Å². The van der Waals surface area contributed by atoms with Crippen molar-refractivity contribution in [3.63, 3.8) is 0 Å². The van der Waals surface area contributed by atoms with E-state index >= 15 is 0 Å². The molecule has 4 heteroatoms. The number of hydrogen-bond acceptors (Lipinski definition) is 2. The third kappa shape index (κ3) is 3.85. The van der Waals surface area contributed by atoms with Crippen molar-refractivity contribution in [3.8, 4) is 0 Å². The molecular formula is C15H27ClN2O. The number of piperidine rings is 1. The second-order valence-corrected chi connectivity index (χ2v) is 7.01. The van der Waals surface area contributed by atoms with Gasteiger partial charge in [0, 0.05) is 19.0 Å². The van der Waals surface area contributed by atoms with Gasteiger partial charge in [0.1, 0.15) is 0 Å². The molecule has 2 N–H and O–H groups in total. The minimum Gasteiger partial charge on any atom is -0.355 e. The Morgan fingerprint density at radius 2 is 1.95 bits per heavy atom. The standard InChI is InChI=1S/C15H26N2O.ClH/c1-15(7-2-8-16-9-15)10-17-14(18)13(11-3-4-11)12-5-6-12;/h11-13,16H,2-10H2,1H3,(H,17,18);1H. The first-order valence-corrected chi connectivity index (χ1v) is 7.66. The molecule has 1 saturated heterocycles. The first-order valence-electron chi connectivity index (χ1n) is 7.66. The van der Waals surface area contributed by atoms with Gasteiger partial charge >= 0.3 is 0 Å². The molecule has 0 aromatic heterocycles. The summed E-state index contributed by atoms with van der Waals surface area (Å²) in [5.74, 6) is 2.14. The van der Waals surface area contributed by atoms with Crippen LogP contribution in [0.1, 0.15) is 45.4 Å². The third-order valence-corrected chi connectivity index (χ3v) is 4.94. The lowest BCUT2D eigenvalue weighted by Crippen LogP contribution is -2.47. The van der Waals surface area contributed by atoms with Crippen LogP contribution in [-0.4, -0.2) is 25.5 Å². The number of hydrogen-bond donors (Lipinski definition) is 2. The molecule has 1 amide bonds. The van der Waals surface area contributed by atoms with Crippen molar-refractivity contribution in [1.29, 1.82) is 0 Å². The van der Waals surface area contributed by atoms with Crippen LogP contribution >= 0.6 is 12.4 Å². The van der Waals surface area contributed by atoms with Gasteiger partial charge in [-0.25, -0.2) is 0 Å². The van der Waals surface area contributed by atoms with Crippen molar-refractivity contribution < 1.29 is 4.79 Å². The molecule has 3 rings (SSSR count). The maximum absolute atomic E-state index is 12.4. The number of nitrogens with one attached hydrogen (secondary N) is 2. The number of rotatable bonds is 5. The highest BCUT2D eigenvalue weighted by molar-refractivity contribution is 5.85. The Morgan fingerprint density at radius 1 is 1.32 bits per heavy atom. The van der Waals surface area contributed by atoms with E-state index in [0.717, 1.165) is 31.5 Å². The molecule has 1 heterocycles. The lowest BCUT2D eigenvalue weighted by atomic mass is 9.82. The van der Waals surface area contributed by atoms with E-state index in [1.165, 1.54) is 38.5 Å². The fraction of sp³-hybridized carbons (Fsp3) is 0.933. The summed E-state index contributed by atoms with van der Waals surface area (Å²) in [4.78, 5) is 12.4. The number of carbonyl (C=O) groups excluding carboxylic acids is 1. The van der Waals surface area contributed by atoms with E-state index in [1.807, 2.05) is 0 Å². The van der Waals surface area contributed by atoms with Crippen LogP contribution in [0.25, 0.3) is 0 Å². The van der Waals surface area contributed by atoms with Crippen molar-refractivity contribution in [2.24, 2.45) is 23.2 Å². The van der Waals surface area contributed by atoms with E-state index < -0.39 is 0 Å². The van der Waals surface area contributed by atoms with E-state index in [2.05, 4.69) is 17.6 Å². The third-order valence-electron chi connectivity index (χ3n) is 4.94. The highest BCUT2D eigenvalue weighted by Crippen LogP contribution is 2.49. The molecular weight excluding hydrogens is 260 g/mol. The van der Waals surface area contributed by atoms with Gasteiger partial charge in [-0.3, -0.25) is 4.79 Å². The van der Waals surface area contributed by atoms with Crippen LogP contribution in [0.5, 0.6) is 0 Å². The van der Waals surface area contributed by atoms with Gasteiger partial charge in [-0.1, -0.05) is 6.92 Å². The molecule has 19 heavy (non-hydrogen) atoms. The van der Waals surface area contributed by atoms with Crippen molar-refractivity contribution in [3.05, 3.63) is 0 Å². The summed E-state index contributed by atoms with van der Waals surface area (Å²) in [6.07, 6.45) is 7.61. The molecule has 0 spiro atoms. The zero-order valence-electron chi connectivity index (χ0n) is 11.9. The van der Waals surface area contributed by atoms with E-state index in [4.69, 9.17) is 0 Å². The van der Waals surface area contributed by atoms with Crippen molar-refractivity contribution in [2.45, 2.75) is 45.4 Å². The van der Waals surface area contributed by atoms with Crippen LogP contribution in [0.3, 0.4) is 0 Å². The number of carbonyl (C=O) groups is 1. The highest BCUT2D eigenvalue weighted by Gasteiger charge is 2.45. The fourth-order valence-corrected chi connectivity index (χ4v) is 3.41. The van der Waals surface area contributed by atoms with Crippen molar-refractivity contribution in [1.82, 2.24) is 10.6 Å². The van der Waals surface area contributed by atoms with Crippen LogP contribution in [0.4, 0.5) is 0 Å². The van der Waals surface area contributed by atoms with E-state index in [1.54, 1.807) is 0 Å². The predicted molar refractivity (Wildman–Crippen MR) is 79.4 cm³/mol. The zero-order chi connectivity index (χ0) is 12.6. The van der Waals surface area contributed by atoms with Crippen molar-refractivity contribution >= 4 is 18.3 Å². The summed E-state index contributed by atoms with van der Waals surface area (Å²) in [6, 6.07) is 0. The van der Waals surface area contributed by atoms with Crippen LogP contribution in [0.2, 0.25) is 0 Å². The minimum atomic E-state index is 0. The van der Waals surface area contributed by atoms with Gasteiger partial charge in [0.15, 0.2) is 0 Å². The number of amides is 1. The summed E-state index contributed by atoms with van der Waals surface area (Å²) in [5.41, 5.74) is 0.269. The van der Waals surface area contributed by atoms with Gasteiger partial charge in [0.25, 0.3) is 0 Å². The molecule has 1 aliphatic heterocycles. The maximum Gasteiger partial charge on any atom is 0.223 e. The van der Waals surface area contributed by atoms with Gasteiger partial charge in [-0.2, -0.15) is 0 Å². The van der Waals surface area contributed by atoms with E-state index in [0.29, 0.717) is 11.8 Å². The minimum absolute atomic E-state index is 0. The Labute approximate surface area is 122 Å². The van der Waals surface area contributed by atoms with Crippen LogP contribution < -0.4 is 10.6 Å². The molecule has 1 atom stereocenters. The van der Waals surface area contributed by atoms with Crippen LogP contribution in [0.15, 0.2) is 0 Å². The summed E-state index contributed by atoms with van der Waals surface area (Å²) in [6.45, 7) is 5.33. The molecule has 110 valence electrons. The van der Waals surface area contributed by atoms with Gasteiger partial charge in [0.2, 0.25) is 5.91 Å². The first kappa shape index (κ1) is 15.1. The second-order valence-electron chi connectivity index (χ2n) is 7.01. The molecule has 2 saturated carbocycles. The van der Waals surface area contributed by atoms with Crippen LogP contribution in [-0.2, 0) is 4.79 Å². The molecule has 0 aromatic carbocycles. The molecule has 3 nitrogen and oxygen atoms in total. The van der Waals surface area contributed by atoms with E-state index in [-0.39, 0.29) is 17.8 Å². The SMILES string of the molecule is CC1(CNC(=O)C(C2CC2)C2CC2)CCCNC1.Cl. The highest BCUT2D eigenvalue weighted by atomic mass is 35.5. The Balaban J connectivity index is 0.00000133. The molecule has 1 unspecified atom stereocenters. The van der Waals surface area contributed by atoms with Gasteiger partial charge in [-0.15, -0.1) is 12.4 Å². The molecule has 3 fully saturated rings. The smallest absolute Gasteiger partial charge is 0.223 e. The molecule has 0 radical (unpaired) electrons. The van der Waals surface area contributed by atoms with Gasteiger partial charge in [-0.05, 0) is 62.3 Å². The summed E-state index contributed by atoms with van der Waals surface area (Å²) < 4.78 is 0. The van der Waals surface area contributed by atoms with Gasteiger partial charge in [0.05, 0.1) is 0 Å². The maximum atomic E-state index is 12.4. The number of halogens is 1. The Hall–Kier alpha value is -0.280. The second kappa shape index (κ2) is 6.01. The first-order chi connectivity index (χ1) is 8.68. The Morgan fingerprint density at radius 3 is 2.42 bits per heavy atom. The summed E-state index contributed by atoms with van der Waals surface area (Å²) >= 11 is 0. The quantitative estimate of drug-likeness (QED) is 0.815. The average Bonchev–Trinajstić information content (AvgIpc) is 3.22. The summed E-state index contributed by atoms with van der Waals surface area (Å²) in [5, 5.41) is 6.70. The zero-order valence-corrected chi connectivity index (χ0v) is 12.7. The molecule has 0 bridgehead atoms. The lowest BCUT2D eigenvalue weighted by Gasteiger charge is -2.34. The fourth-order valence-electron chi connectivity index (χ4n) is 3.41. The van der Waals surface area contributed by atoms with Gasteiger partial charge < -0.3 is 10.6 Å². The lowest BCUT2D eigenvalue weighted by molar-refractivity contribution is -0.126. The molecule has 3 aliphatic rings. The Bertz CT molecular complexity index is 308. The van der Waals surface area contributed by atoms with Crippen molar-refractivity contribution in [2.75, 3.05) is 19.6 Å². The normalized spacial score (nSPS) is 30.8. The molecule has 0 aromatic rings. The topological polar surface area (TPSA) is 41.1 Å². The Kier molecular flexibility index (Phi) is 4.78. The van der Waals surface area contributed by atoms with E-state index in [9.17, 15) is 4.79 Å². The average molecular weight is 287 g/mol. The predicted octanol–water partition coefficient (Wildman–Crippen LogP) is 2.35. The molecule has 2 aliphatic carbocycles. The monoisotopic (exact) mass is 286 g/mol. The summed E-state index contributed by atoms with van der Waals surface area (Å²) in [7, 11) is 0. The largest absolute Gasteiger partial charge is 0.355 e.